The zero-order chi connectivity index (χ0) is 11.4. The predicted molar refractivity (Wildman–Crippen MR) is 63.5 cm³/mol. The molecule has 0 atom stereocenters. The second-order valence-electron chi connectivity index (χ2n) is 3.29. The van der Waals surface area contributed by atoms with E-state index in [-0.39, 0.29) is 5.97 Å². The number of halogens is 1. The summed E-state index contributed by atoms with van der Waals surface area (Å²) in [6.45, 7) is 6.28. The van der Waals surface area contributed by atoms with E-state index in [2.05, 4.69) is 20.9 Å². The van der Waals surface area contributed by atoms with Crippen LogP contribution in [0.5, 0.6) is 0 Å². The first-order valence-electron chi connectivity index (χ1n) is 5.09. The number of ether oxygens (including phenoxy) is 1. The number of aromatic amines is 1. The first-order chi connectivity index (χ1) is 7.15. The van der Waals surface area contributed by atoms with Crippen molar-refractivity contribution < 1.29 is 9.53 Å². The molecule has 1 aromatic rings. The number of hydrogen-bond acceptors (Lipinski definition) is 2. The van der Waals surface area contributed by atoms with Crippen LogP contribution < -0.4 is 0 Å². The molecule has 0 aliphatic heterocycles. The lowest BCUT2D eigenvalue weighted by molar-refractivity contribution is 0.0519. The molecule has 1 N–H and O–H groups in total. The average molecular weight is 274 g/mol. The van der Waals surface area contributed by atoms with Gasteiger partial charge in [-0.2, -0.15) is 0 Å². The SMILES string of the molecule is CCOC(=O)c1[nH]c(CBr)c(C)c1CC. The van der Waals surface area contributed by atoms with Gasteiger partial charge in [0.05, 0.1) is 6.61 Å². The summed E-state index contributed by atoms with van der Waals surface area (Å²) < 4.78 is 5.00. The van der Waals surface area contributed by atoms with E-state index in [1.165, 1.54) is 0 Å². The highest BCUT2D eigenvalue weighted by Crippen LogP contribution is 2.21. The number of rotatable bonds is 4. The molecule has 0 aromatic carbocycles. The smallest absolute Gasteiger partial charge is 0.355 e. The Balaban J connectivity index is 3.11. The van der Waals surface area contributed by atoms with Crippen LogP contribution in [0.25, 0.3) is 0 Å². The van der Waals surface area contributed by atoms with E-state index in [4.69, 9.17) is 4.74 Å². The summed E-state index contributed by atoms with van der Waals surface area (Å²) in [6.07, 6.45) is 0.837. The molecule has 3 nitrogen and oxygen atoms in total. The summed E-state index contributed by atoms with van der Waals surface area (Å²) in [5, 5.41) is 0.727. The van der Waals surface area contributed by atoms with Crippen molar-refractivity contribution in [2.75, 3.05) is 6.61 Å². The zero-order valence-corrected chi connectivity index (χ0v) is 10.9. The second-order valence-corrected chi connectivity index (χ2v) is 3.85. The van der Waals surface area contributed by atoms with Gasteiger partial charge in [-0.15, -0.1) is 0 Å². The minimum absolute atomic E-state index is 0.260. The summed E-state index contributed by atoms with van der Waals surface area (Å²) in [7, 11) is 0. The van der Waals surface area contributed by atoms with Crippen LogP contribution in [0.2, 0.25) is 0 Å². The maximum Gasteiger partial charge on any atom is 0.355 e. The van der Waals surface area contributed by atoms with Crippen LogP contribution in [-0.4, -0.2) is 17.6 Å². The standard InChI is InChI=1S/C11H16BrNO2/c1-4-8-7(3)9(6-12)13-10(8)11(14)15-5-2/h13H,4-6H2,1-3H3. The molecular formula is C11H16BrNO2. The van der Waals surface area contributed by atoms with E-state index < -0.39 is 0 Å². The molecule has 1 rings (SSSR count). The monoisotopic (exact) mass is 273 g/mol. The highest BCUT2D eigenvalue weighted by molar-refractivity contribution is 9.08. The maximum atomic E-state index is 11.6. The van der Waals surface area contributed by atoms with Crippen molar-refractivity contribution in [1.82, 2.24) is 4.98 Å². The molecule has 4 heteroatoms. The fourth-order valence-electron chi connectivity index (χ4n) is 1.64. The number of hydrogen-bond donors (Lipinski definition) is 1. The van der Waals surface area contributed by atoms with E-state index in [0.717, 1.165) is 28.6 Å². The summed E-state index contributed by atoms with van der Waals surface area (Å²) in [5.74, 6) is -0.260. The highest BCUT2D eigenvalue weighted by Gasteiger charge is 2.18. The largest absolute Gasteiger partial charge is 0.461 e. The lowest BCUT2D eigenvalue weighted by Gasteiger charge is -2.02. The number of aromatic nitrogens is 1. The third-order valence-electron chi connectivity index (χ3n) is 2.45. The lowest BCUT2D eigenvalue weighted by Crippen LogP contribution is -2.07. The molecule has 0 aliphatic carbocycles. The minimum Gasteiger partial charge on any atom is -0.461 e. The number of H-pyrrole nitrogens is 1. The van der Waals surface area contributed by atoms with E-state index in [0.29, 0.717) is 12.3 Å². The van der Waals surface area contributed by atoms with Crippen LogP contribution in [0.15, 0.2) is 0 Å². The normalized spacial score (nSPS) is 10.4. The summed E-state index contributed by atoms with van der Waals surface area (Å²) in [4.78, 5) is 14.8. The molecular weight excluding hydrogens is 258 g/mol. The molecule has 0 saturated heterocycles. The van der Waals surface area contributed by atoms with Crippen LogP contribution in [0.4, 0.5) is 0 Å². The van der Waals surface area contributed by atoms with E-state index in [1.54, 1.807) is 0 Å². The van der Waals surface area contributed by atoms with Gasteiger partial charge in [-0.1, -0.05) is 22.9 Å². The van der Waals surface area contributed by atoms with Crippen molar-refractivity contribution in [3.63, 3.8) is 0 Å². The molecule has 1 aromatic heterocycles. The van der Waals surface area contributed by atoms with Gasteiger partial charge in [0.1, 0.15) is 5.69 Å². The first kappa shape index (κ1) is 12.3. The number of carbonyl (C=O) groups excluding carboxylic acids is 1. The fourth-order valence-corrected chi connectivity index (χ4v) is 2.20. The average Bonchev–Trinajstić information content (AvgIpc) is 2.55. The van der Waals surface area contributed by atoms with Crippen LogP contribution >= 0.6 is 15.9 Å². The van der Waals surface area contributed by atoms with E-state index >= 15 is 0 Å². The first-order valence-corrected chi connectivity index (χ1v) is 6.21. The van der Waals surface area contributed by atoms with Crippen LogP contribution in [-0.2, 0) is 16.5 Å². The Morgan fingerprint density at radius 3 is 2.60 bits per heavy atom. The van der Waals surface area contributed by atoms with Crippen LogP contribution in [0.1, 0.15) is 41.2 Å². The molecule has 0 aliphatic rings. The zero-order valence-electron chi connectivity index (χ0n) is 9.32. The molecule has 1 heterocycles. The van der Waals surface area contributed by atoms with Gasteiger partial charge in [0.15, 0.2) is 0 Å². The molecule has 0 radical (unpaired) electrons. The molecule has 0 amide bonds. The van der Waals surface area contributed by atoms with Crippen molar-refractivity contribution >= 4 is 21.9 Å². The van der Waals surface area contributed by atoms with Crippen LogP contribution in [0, 0.1) is 6.92 Å². The molecule has 15 heavy (non-hydrogen) atoms. The topological polar surface area (TPSA) is 42.1 Å². The Bertz CT molecular complexity index is 358. The van der Waals surface area contributed by atoms with Gasteiger partial charge in [0.25, 0.3) is 0 Å². The Morgan fingerprint density at radius 1 is 1.47 bits per heavy atom. The molecule has 84 valence electrons. The van der Waals surface area contributed by atoms with Crippen molar-refractivity contribution in [3.8, 4) is 0 Å². The van der Waals surface area contributed by atoms with Gasteiger partial charge >= 0.3 is 5.97 Å². The summed E-state index contributed by atoms with van der Waals surface area (Å²) >= 11 is 3.39. The van der Waals surface area contributed by atoms with Crippen molar-refractivity contribution in [2.45, 2.75) is 32.5 Å². The maximum absolute atomic E-state index is 11.6. The van der Waals surface area contributed by atoms with Crippen molar-refractivity contribution in [3.05, 3.63) is 22.5 Å². The molecule has 0 fully saturated rings. The Labute approximate surface area is 98.3 Å². The Morgan fingerprint density at radius 2 is 2.13 bits per heavy atom. The number of nitrogens with one attached hydrogen (secondary N) is 1. The Hall–Kier alpha value is -0.770. The van der Waals surface area contributed by atoms with Gasteiger partial charge in [-0.05, 0) is 31.4 Å². The second kappa shape index (κ2) is 5.35. The number of carbonyl (C=O) groups is 1. The molecule has 0 bridgehead atoms. The van der Waals surface area contributed by atoms with Crippen LogP contribution in [0.3, 0.4) is 0 Å². The molecule has 0 spiro atoms. The molecule has 0 saturated carbocycles. The predicted octanol–water partition coefficient (Wildman–Crippen LogP) is 2.96. The minimum atomic E-state index is -0.260. The molecule has 0 unspecified atom stereocenters. The van der Waals surface area contributed by atoms with E-state index in [1.807, 2.05) is 20.8 Å². The Kier molecular flexibility index (Phi) is 4.39. The summed E-state index contributed by atoms with van der Waals surface area (Å²) in [6, 6.07) is 0. The van der Waals surface area contributed by atoms with Crippen molar-refractivity contribution in [1.29, 1.82) is 0 Å². The van der Waals surface area contributed by atoms with Gasteiger partial charge in [0, 0.05) is 11.0 Å². The summed E-state index contributed by atoms with van der Waals surface area (Å²) in [5.41, 5.74) is 3.86. The third-order valence-corrected chi connectivity index (χ3v) is 3.01. The number of alkyl halides is 1. The number of esters is 1. The lowest BCUT2D eigenvalue weighted by atomic mass is 10.1. The van der Waals surface area contributed by atoms with Gasteiger partial charge < -0.3 is 9.72 Å². The quantitative estimate of drug-likeness (QED) is 0.677. The fraction of sp³-hybridized carbons (Fsp3) is 0.545. The van der Waals surface area contributed by atoms with E-state index in [9.17, 15) is 4.79 Å². The van der Waals surface area contributed by atoms with Gasteiger partial charge in [-0.25, -0.2) is 4.79 Å². The van der Waals surface area contributed by atoms with Crippen molar-refractivity contribution in [2.24, 2.45) is 0 Å². The highest BCUT2D eigenvalue weighted by atomic mass is 79.9. The van der Waals surface area contributed by atoms with Gasteiger partial charge in [0.2, 0.25) is 0 Å². The third kappa shape index (κ3) is 2.43. The van der Waals surface area contributed by atoms with Gasteiger partial charge in [-0.3, -0.25) is 0 Å².